The van der Waals surface area contributed by atoms with Crippen LogP contribution in [0.2, 0.25) is 0 Å². The number of nitrogens with one attached hydrogen (secondary N) is 2. The second-order valence-corrected chi connectivity index (χ2v) is 3.60. The molecule has 1 aromatic rings. The Labute approximate surface area is 93.0 Å². The summed E-state index contributed by atoms with van der Waals surface area (Å²) in [7, 11) is 0. The molecule has 1 fully saturated rings. The van der Waals surface area contributed by atoms with Gasteiger partial charge in [0.15, 0.2) is 5.82 Å². The lowest BCUT2D eigenvalue weighted by molar-refractivity contribution is -0.124. The van der Waals surface area contributed by atoms with Crippen molar-refractivity contribution in [3.8, 4) is 0 Å². The maximum Gasteiger partial charge on any atom is 0.234 e. The van der Waals surface area contributed by atoms with Crippen molar-refractivity contribution in [1.29, 1.82) is 0 Å². The van der Waals surface area contributed by atoms with E-state index in [4.69, 9.17) is 5.84 Å². The minimum Gasteiger partial charge on any atom is -0.354 e. The number of hydrogen-bond acceptors (Lipinski definition) is 6. The number of piperazine rings is 1. The molecule has 86 valence electrons. The molecule has 0 unspecified atom stereocenters. The number of hydrogen-bond donors (Lipinski definition) is 3. The first-order chi connectivity index (χ1) is 7.78. The monoisotopic (exact) mass is 222 g/mol. The number of anilines is 1. The van der Waals surface area contributed by atoms with Crippen LogP contribution in [0.4, 0.5) is 5.82 Å². The number of rotatable bonds is 3. The van der Waals surface area contributed by atoms with E-state index in [-0.39, 0.29) is 5.91 Å². The third-order valence-electron chi connectivity index (χ3n) is 2.36. The van der Waals surface area contributed by atoms with E-state index >= 15 is 0 Å². The fourth-order valence-electron chi connectivity index (χ4n) is 1.57. The summed E-state index contributed by atoms with van der Waals surface area (Å²) in [5, 5.41) is 2.77. The minimum absolute atomic E-state index is 0.0551. The van der Waals surface area contributed by atoms with Crippen molar-refractivity contribution in [2.45, 2.75) is 6.54 Å². The molecule has 7 heteroatoms. The third-order valence-corrected chi connectivity index (χ3v) is 2.36. The minimum atomic E-state index is 0.0551. The highest BCUT2D eigenvalue weighted by atomic mass is 16.2. The van der Waals surface area contributed by atoms with Gasteiger partial charge in [0.2, 0.25) is 5.91 Å². The van der Waals surface area contributed by atoms with Crippen LogP contribution in [0.3, 0.4) is 0 Å². The van der Waals surface area contributed by atoms with Crippen molar-refractivity contribution in [2.75, 3.05) is 25.1 Å². The van der Waals surface area contributed by atoms with Crippen molar-refractivity contribution in [3.63, 3.8) is 0 Å². The Morgan fingerprint density at radius 1 is 1.50 bits per heavy atom. The third kappa shape index (κ3) is 2.65. The van der Waals surface area contributed by atoms with Crippen LogP contribution in [0.15, 0.2) is 12.4 Å². The van der Waals surface area contributed by atoms with Gasteiger partial charge in [-0.2, -0.15) is 0 Å². The number of amides is 1. The van der Waals surface area contributed by atoms with Crippen LogP contribution in [0.1, 0.15) is 5.69 Å². The lowest BCUT2D eigenvalue weighted by Gasteiger charge is -2.25. The molecule has 1 aromatic heterocycles. The molecule has 0 atom stereocenters. The van der Waals surface area contributed by atoms with E-state index in [2.05, 4.69) is 20.7 Å². The maximum atomic E-state index is 11.1. The van der Waals surface area contributed by atoms with Gasteiger partial charge in [-0.05, 0) is 0 Å². The second kappa shape index (κ2) is 4.86. The fraction of sp³-hybridized carbons (Fsp3) is 0.444. The first-order valence-electron chi connectivity index (χ1n) is 5.04. The van der Waals surface area contributed by atoms with Crippen molar-refractivity contribution >= 4 is 11.7 Å². The SMILES string of the molecule is NNc1cnc(CN2CCNC(=O)C2)cn1. The molecular formula is C9H14N6O. The highest BCUT2D eigenvalue weighted by Gasteiger charge is 2.16. The number of nitrogens with zero attached hydrogens (tertiary/aromatic N) is 3. The molecule has 0 aromatic carbocycles. The van der Waals surface area contributed by atoms with Gasteiger partial charge in [-0.1, -0.05) is 0 Å². The highest BCUT2D eigenvalue weighted by Crippen LogP contribution is 2.04. The normalized spacial score (nSPS) is 16.9. The molecule has 2 rings (SSSR count). The van der Waals surface area contributed by atoms with Gasteiger partial charge >= 0.3 is 0 Å². The van der Waals surface area contributed by atoms with Crippen molar-refractivity contribution in [2.24, 2.45) is 5.84 Å². The predicted molar refractivity (Wildman–Crippen MR) is 58.1 cm³/mol. The molecule has 1 aliphatic rings. The molecule has 0 radical (unpaired) electrons. The summed E-state index contributed by atoms with van der Waals surface area (Å²) >= 11 is 0. The molecule has 1 aliphatic heterocycles. The van der Waals surface area contributed by atoms with Crippen molar-refractivity contribution in [3.05, 3.63) is 18.1 Å². The van der Waals surface area contributed by atoms with E-state index in [0.29, 0.717) is 25.5 Å². The Hall–Kier alpha value is -1.73. The quantitative estimate of drug-likeness (QED) is 0.434. The van der Waals surface area contributed by atoms with E-state index in [1.54, 1.807) is 12.4 Å². The zero-order valence-corrected chi connectivity index (χ0v) is 8.81. The Bertz CT molecular complexity index is 365. The summed E-state index contributed by atoms with van der Waals surface area (Å²) in [5.41, 5.74) is 3.24. The van der Waals surface area contributed by atoms with Crippen LogP contribution in [-0.2, 0) is 11.3 Å². The average Bonchev–Trinajstić information content (AvgIpc) is 2.30. The second-order valence-electron chi connectivity index (χ2n) is 3.60. The molecule has 16 heavy (non-hydrogen) atoms. The van der Waals surface area contributed by atoms with Crippen LogP contribution in [0, 0.1) is 0 Å². The Morgan fingerprint density at radius 3 is 3.00 bits per heavy atom. The van der Waals surface area contributed by atoms with Gasteiger partial charge in [-0.25, -0.2) is 10.8 Å². The van der Waals surface area contributed by atoms with Gasteiger partial charge in [-0.15, -0.1) is 0 Å². The summed E-state index contributed by atoms with van der Waals surface area (Å²) in [4.78, 5) is 21.4. The first-order valence-corrected chi connectivity index (χ1v) is 5.04. The lowest BCUT2D eigenvalue weighted by atomic mass is 10.3. The maximum absolute atomic E-state index is 11.1. The summed E-state index contributed by atoms with van der Waals surface area (Å²) in [6.07, 6.45) is 3.22. The van der Waals surface area contributed by atoms with Gasteiger partial charge in [-0.3, -0.25) is 14.7 Å². The van der Waals surface area contributed by atoms with E-state index in [9.17, 15) is 4.79 Å². The van der Waals surface area contributed by atoms with Gasteiger partial charge in [0.1, 0.15) is 0 Å². The van der Waals surface area contributed by atoms with E-state index in [1.165, 1.54) is 0 Å². The zero-order valence-electron chi connectivity index (χ0n) is 8.81. The predicted octanol–water partition coefficient (Wildman–Crippen LogP) is -1.31. The molecule has 4 N–H and O–H groups in total. The molecule has 1 amide bonds. The van der Waals surface area contributed by atoms with Gasteiger partial charge in [0, 0.05) is 19.6 Å². The topological polar surface area (TPSA) is 96.2 Å². The van der Waals surface area contributed by atoms with Gasteiger partial charge in [0.05, 0.1) is 24.6 Å². The summed E-state index contributed by atoms with van der Waals surface area (Å²) in [5.74, 6) is 5.77. The molecule has 0 saturated carbocycles. The zero-order chi connectivity index (χ0) is 11.4. The van der Waals surface area contributed by atoms with E-state index < -0.39 is 0 Å². The van der Waals surface area contributed by atoms with Crippen molar-refractivity contribution in [1.82, 2.24) is 20.2 Å². The molecule has 7 nitrogen and oxygen atoms in total. The first kappa shape index (κ1) is 10.8. The van der Waals surface area contributed by atoms with Crippen LogP contribution < -0.4 is 16.6 Å². The average molecular weight is 222 g/mol. The van der Waals surface area contributed by atoms with Gasteiger partial charge < -0.3 is 10.7 Å². The van der Waals surface area contributed by atoms with Crippen molar-refractivity contribution < 1.29 is 4.79 Å². The number of nitrogen functional groups attached to an aromatic ring is 1. The van der Waals surface area contributed by atoms with E-state index in [1.807, 2.05) is 4.90 Å². The molecule has 0 spiro atoms. The smallest absolute Gasteiger partial charge is 0.234 e. The van der Waals surface area contributed by atoms with Crippen LogP contribution in [-0.4, -0.2) is 40.4 Å². The van der Waals surface area contributed by atoms with Crippen LogP contribution >= 0.6 is 0 Å². The van der Waals surface area contributed by atoms with Gasteiger partial charge in [0.25, 0.3) is 0 Å². The van der Waals surface area contributed by atoms with Crippen LogP contribution in [0.5, 0.6) is 0 Å². The molecule has 1 saturated heterocycles. The number of hydrazine groups is 1. The summed E-state index contributed by atoms with van der Waals surface area (Å²) < 4.78 is 0. The highest BCUT2D eigenvalue weighted by molar-refractivity contribution is 5.78. The molecule has 0 bridgehead atoms. The number of aromatic nitrogens is 2. The largest absolute Gasteiger partial charge is 0.354 e. The Morgan fingerprint density at radius 2 is 2.38 bits per heavy atom. The Kier molecular flexibility index (Phi) is 3.28. The summed E-state index contributed by atoms with van der Waals surface area (Å²) in [6, 6.07) is 0. The number of nitrogens with two attached hydrogens (primary N) is 1. The van der Waals surface area contributed by atoms with E-state index in [0.717, 1.165) is 12.2 Å². The molecular weight excluding hydrogens is 208 g/mol. The molecule has 0 aliphatic carbocycles. The number of carbonyl (C=O) groups excluding carboxylic acids is 1. The summed E-state index contributed by atoms with van der Waals surface area (Å²) in [6.45, 7) is 2.57. The fourth-order valence-corrected chi connectivity index (χ4v) is 1.57. The number of carbonyl (C=O) groups is 1. The standard InChI is InChI=1S/C9H14N6O/c10-14-8-4-12-7(3-13-8)5-15-2-1-11-9(16)6-15/h3-4H,1-2,5-6,10H2,(H,11,16)(H,13,14). The van der Waals surface area contributed by atoms with Crippen LogP contribution in [0.25, 0.3) is 0 Å². The molecule has 2 heterocycles. The lowest BCUT2D eigenvalue weighted by Crippen LogP contribution is -2.47. The Balaban J connectivity index is 1.94.